The van der Waals surface area contributed by atoms with Crippen molar-refractivity contribution in [2.24, 2.45) is 0 Å². The fraction of sp³-hybridized carbons (Fsp3) is 0.276. The van der Waals surface area contributed by atoms with Crippen LogP contribution in [0.3, 0.4) is 0 Å². The first-order valence-electron chi connectivity index (χ1n) is 12.9. The molecule has 0 unspecified atom stereocenters. The lowest BCUT2D eigenvalue weighted by molar-refractivity contribution is -0.137. The minimum Gasteiger partial charge on any atom is -0.494 e. The number of sulfonamides is 1. The zero-order chi connectivity index (χ0) is 30.7. The molecular weight excluding hydrogens is 614 g/mol. The van der Waals surface area contributed by atoms with Crippen molar-refractivity contribution in [3.8, 4) is 5.75 Å². The molecule has 0 aliphatic rings. The van der Waals surface area contributed by atoms with Crippen molar-refractivity contribution in [3.05, 3.63) is 92.6 Å². The molecule has 0 atom stereocenters. The third-order valence-corrected chi connectivity index (χ3v) is 8.55. The van der Waals surface area contributed by atoms with Crippen LogP contribution in [0.1, 0.15) is 39.2 Å². The summed E-state index contributed by atoms with van der Waals surface area (Å²) >= 11 is 12.3. The van der Waals surface area contributed by atoms with E-state index in [0.29, 0.717) is 51.7 Å². The summed E-state index contributed by atoms with van der Waals surface area (Å²) in [5.41, 5.74) is 2.27. The molecule has 13 heteroatoms. The molecule has 1 aromatic heterocycles. The summed E-state index contributed by atoms with van der Waals surface area (Å²) in [6.07, 6.45) is -3.61. The van der Waals surface area contributed by atoms with E-state index in [4.69, 9.17) is 27.9 Å². The lowest BCUT2D eigenvalue weighted by atomic mass is 10.1. The molecule has 1 heterocycles. The molecule has 1 amide bonds. The van der Waals surface area contributed by atoms with Crippen molar-refractivity contribution >= 4 is 55.7 Å². The molecule has 0 radical (unpaired) electrons. The molecule has 0 aliphatic heterocycles. The van der Waals surface area contributed by atoms with E-state index in [1.807, 2.05) is 30.7 Å². The van der Waals surface area contributed by atoms with Gasteiger partial charge < -0.3 is 15.0 Å². The average Bonchev–Trinajstić information content (AvgIpc) is 3.26. The number of aromatic amines is 1. The number of alkyl halides is 3. The predicted molar refractivity (Wildman–Crippen MR) is 159 cm³/mol. The van der Waals surface area contributed by atoms with Crippen LogP contribution in [0.4, 0.5) is 18.9 Å². The Balaban J connectivity index is 1.42. The average molecular weight is 643 g/mol. The van der Waals surface area contributed by atoms with Crippen molar-refractivity contribution < 1.29 is 31.1 Å². The standard InChI is InChI=1S/C29H28Cl2F3N3O4S/c1-17-13-22(14-18(2)26(17)31)41-11-4-7-24-23-9-8-20(30)16-25(23)36-27(24)28(38)37-42(39,40)12-10-35-21-6-3-5-19(15-21)29(32,33)34/h3,5-6,8-9,13-16,35-36H,4,7,10-12H2,1-2H3,(H,37,38). The summed E-state index contributed by atoms with van der Waals surface area (Å²) in [6.45, 7) is 3.89. The molecule has 0 fully saturated rings. The molecule has 0 aliphatic carbocycles. The van der Waals surface area contributed by atoms with Gasteiger partial charge in [0.25, 0.3) is 5.91 Å². The van der Waals surface area contributed by atoms with E-state index in [-0.39, 0.29) is 17.9 Å². The van der Waals surface area contributed by atoms with Gasteiger partial charge in [-0.15, -0.1) is 0 Å². The number of nitrogens with one attached hydrogen (secondary N) is 3. The summed E-state index contributed by atoms with van der Waals surface area (Å²) in [5, 5.41) is 4.48. The molecule has 0 spiro atoms. The number of hydrogen-bond donors (Lipinski definition) is 3. The molecule has 3 N–H and O–H groups in total. The van der Waals surface area contributed by atoms with E-state index in [1.54, 1.807) is 18.2 Å². The van der Waals surface area contributed by atoms with Gasteiger partial charge >= 0.3 is 6.18 Å². The molecule has 0 saturated heterocycles. The molecule has 0 saturated carbocycles. The number of carbonyl (C=O) groups is 1. The SMILES string of the molecule is Cc1cc(OCCCc2c(C(=O)NS(=O)(=O)CCNc3cccc(C(F)(F)F)c3)[nH]c3cc(Cl)ccc23)cc(C)c1Cl. The molecular formula is C29H28Cl2F3N3O4S. The summed E-state index contributed by atoms with van der Waals surface area (Å²) in [7, 11) is -4.14. The minimum atomic E-state index is -4.53. The summed E-state index contributed by atoms with van der Waals surface area (Å²) in [4.78, 5) is 16.1. The Bertz CT molecular complexity index is 1700. The van der Waals surface area contributed by atoms with Gasteiger partial charge in [0.2, 0.25) is 10.0 Å². The highest BCUT2D eigenvalue weighted by Gasteiger charge is 2.30. The van der Waals surface area contributed by atoms with Crippen LogP contribution in [0.25, 0.3) is 10.9 Å². The number of amides is 1. The Morgan fingerprint density at radius 2 is 1.74 bits per heavy atom. The number of rotatable bonds is 11. The maximum Gasteiger partial charge on any atom is 0.416 e. The van der Waals surface area contributed by atoms with Crippen LogP contribution in [0.15, 0.2) is 54.6 Å². The highest BCUT2D eigenvalue weighted by Crippen LogP contribution is 2.31. The van der Waals surface area contributed by atoms with Crippen LogP contribution in [0.2, 0.25) is 10.0 Å². The fourth-order valence-electron chi connectivity index (χ4n) is 4.49. The fourth-order valence-corrected chi connectivity index (χ4v) is 5.63. The van der Waals surface area contributed by atoms with Gasteiger partial charge in [-0.25, -0.2) is 13.1 Å². The smallest absolute Gasteiger partial charge is 0.416 e. The highest BCUT2D eigenvalue weighted by molar-refractivity contribution is 7.90. The molecule has 7 nitrogen and oxygen atoms in total. The third kappa shape index (κ3) is 7.90. The lowest BCUT2D eigenvalue weighted by Crippen LogP contribution is -2.35. The summed E-state index contributed by atoms with van der Waals surface area (Å²) in [6, 6.07) is 13.2. The van der Waals surface area contributed by atoms with Crippen LogP contribution in [0.5, 0.6) is 5.75 Å². The van der Waals surface area contributed by atoms with Crippen LogP contribution >= 0.6 is 23.2 Å². The summed E-state index contributed by atoms with van der Waals surface area (Å²) in [5.74, 6) is -0.742. The Morgan fingerprint density at radius 1 is 1.02 bits per heavy atom. The monoisotopic (exact) mass is 641 g/mol. The second-order valence-electron chi connectivity index (χ2n) is 9.75. The van der Waals surface area contributed by atoms with Gasteiger partial charge in [0.1, 0.15) is 11.4 Å². The van der Waals surface area contributed by atoms with Gasteiger partial charge in [-0.1, -0.05) is 35.3 Å². The number of ether oxygens (including phenoxy) is 1. The second-order valence-corrected chi connectivity index (χ2v) is 12.4. The van der Waals surface area contributed by atoms with Crippen molar-refractivity contribution in [1.29, 1.82) is 0 Å². The predicted octanol–water partition coefficient (Wildman–Crippen LogP) is 7.29. The number of aryl methyl sites for hydroxylation is 3. The number of benzene rings is 3. The van der Waals surface area contributed by atoms with Crippen LogP contribution in [-0.2, 0) is 22.6 Å². The number of carbonyl (C=O) groups excluding carboxylic acids is 1. The van der Waals surface area contributed by atoms with Gasteiger partial charge in [0, 0.05) is 33.2 Å². The maximum absolute atomic E-state index is 13.1. The normalized spacial score (nSPS) is 12.0. The number of halogens is 5. The van der Waals surface area contributed by atoms with Gasteiger partial charge in [-0.3, -0.25) is 4.79 Å². The molecule has 0 bridgehead atoms. The summed E-state index contributed by atoms with van der Waals surface area (Å²) < 4.78 is 72.1. The highest BCUT2D eigenvalue weighted by atomic mass is 35.5. The Kier molecular flexibility index (Phi) is 9.64. The van der Waals surface area contributed by atoms with Crippen molar-refractivity contribution in [2.75, 3.05) is 24.2 Å². The molecule has 42 heavy (non-hydrogen) atoms. The van der Waals surface area contributed by atoms with E-state index in [0.717, 1.165) is 23.3 Å². The Hall–Kier alpha value is -3.41. The molecule has 4 aromatic rings. The minimum absolute atomic E-state index is 0.0693. The molecule has 224 valence electrons. The van der Waals surface area contributed by atoms with Crippen LogP contribution < -0.4 is 14.8 Å². The van der Waals surface area contributed by atoms with Crippen molar-refractivity contribution in [2.45, 2.75) is 32.9 Å². The third-order valence-electron chi connectivity index (χ3n) is 6.48. The van der Waals surface area contributed by atoms with Gasteiger partial charge in [0.05, 0.1) is 17.9 Å². The van der Waals surface area contributed by atoms with E-state index in [9.17, 15) is 26.4 Å². The van der Waals surface area contributed by atoms with E-state index in [1.165, 1.54) is 12.1 Å². The largest absolute Gasteiger partial charge is 0.494 e. The maximum atomic E-state index is 13.1. The quantitative estimate of drug-likeness (QED) is 0.149. The first kappa shape index (κ1) is 31.5. The zero-order valence-electron chi connectivity index (χ0n) is 22.7. The zero-order valence-corrected chi connectivity index (χ0v) is 25.0. The van der Waals surface area contributed by atoms with Gasteiger partial charge in [0.15, 0.2) is 0 Å². The molecule has 4 rings (SSSR count). The topological polar surface area (TPSA) is 100 Å². The lowest BCUT2D eigenvalue weighted by Gasteiger charge is -2.12. The van der Waals surface area contributed by atoms with Gasteiger partial charge in [-0.05, 0) is 85.8 Å². The van der Waals surface area contributed by atoms with Crippen molar-refractivity contribution in [3.63, 3.8) is 0 Å². The Morgan fingerprint density at radius 3 is 2.43 bits per heavy atom. The molecule has 3 aromatic carbocycles. The van der Waals surface area contributed by atoms with E-state index in [2.05, 4.69) is 10.3 Å². The van der Waals surface area contributed by atoms with E-state index >= 15 is 0 Å². The van der Waals surface area contributed by atoms with Crippen molar-refractivity contribution in [1.82, 2.24) is 9.71 Å². The van der Waals surface area contributed by atoms with Crippen LogP contribution in [0, 0.1) is 13.8 Å². The number of fused-ring (bicyclic) bond motifs is 1. The first-order chi connectivity index (χ1) is 19.7. The number of aromatic nitrogens is 1. The second kappa shape index (κ2) is 12.8. The van der Waals surface area contributed by atoms with Crippen LogP contribution in [-0.4, -0.2) is 38.2 Å². The van der Waals surface area contributed by atoms with Gasteiger partial charge in [-0.2, -0.15) is 13.2 Å². The Labute approximate surface area is 251 Å². The van der Waals surface area contributed by atoms with E-state index < -0.39 is 33.4 Å². The number of anilines is 1. The number of hydrogen-bond acceptors (Lipinski definition) is 5. The number of H-pyrrole nitrogens is 1. The first-order valence-corrected chi connectivity index (χ1v) is 15.3.